The number of ether oxygens (including phenoxy) is 1. The number of carbonyl (C=O) groups excluding carboxylic acids is 1. The van der Waals surface area contributed by atoms with Crippen molar-refractivity contribution in [3.05, 3.63) is 47.9 Å². The van der Waals surface area contributed by atoms with Gasteiger partial charge < -0.3 is 19.5 Å². The second-order valence-electron chi connectivity index (χ2n) is 6.26. The molecule has 2 N–H and O–H groups in total. The lowest BCUT2D eigenvalue weighted by atomic mass is 10.2. The van der Waals surface area contributed by atoms with Crippen LogP contribution in [0.3, 0.4) is 0 Å². The van der Waals surface area contributed by atoms with Crippen molar-refractivity contribution in [3.8, 4) is 0 Å². The summed E-state index contributed by atoms with van der Waals surface area (Å²) in [6, 6.07) is 10.3. The summed E-state index contributed by atoms with van der Waals surface area (Å²) in [6.45, 7) is 3.06. The van der Waals surface area contributed by atoms with Crippen LogP contribution in [0.2, 0.25) is 0 Å². The molecule has 3 heterocycles. The van der Waals surface area contributed by atoms with Gasteiger partial charge in [0.15, 0.2) is 5.76 Å². The van der Waals surface area contributed by atoms with E-state index < -0.39 is 15.9 Å². The van der Waals surface area contributed by atoms with E-state index in [-0.39, 0.29) is 23.9 Å². The first-order valence-corrected chi connectivity index (χ1v) is 9.97. The fraction of sp³-hybridized carbons (Fsp3) is 0.278. The number of benzene rings is 1. The quantitative estimate of drug-likeness (QED) is 0.713. The number of anilines is 1. The molecular formula is C18H19N3O5S. The van der Waals surface area contributed by atoms with Gasteiger partial charge >= 0.3 is 0 Å². The smallest absolute Gasteiger partial charge is 0.291 e. The van der Waals surface area contributed by atoms with E-state index in [1.165, 1.54) is 16.4 Å². The molecule has 0 saturated carbocycles. The summed E-state index contributed by atoms with van der Waals surface area (Å²) in [5.74, 6) is -0.571. The molecule has 4 rings (SSSR count). The molecular weight excluding hydrogens is 370 g/mol. The zero-order valence-corrected chi connectivity index (χ0v) is 15.5. The standard InChI is InChI=1S/C18H19N3O5S/c1-12-17(13-4-2-3-5-14(13)19-12)20-18(22)15-6-7-16(26-15)27(23,24)21-8-10-25-11-9-21/h2-7,19H,8-11H2,1H3,(H,20,22). The van der Waals surface area contributed by atoms with E-state index >= 15 is 0 Å². The minimum atomic E-state index is -3.78. The van der Waals surface area contributed by atoms with E-state index in [0.717, 1.165) is 16.6 Å². The zero-order chi connectivity index (χ0) is 19.0. The number of furan rings is 1. The van der Waals surface area contributed by atoms with Gasteiger partial charge in [-0.15, -0.1) is 0 Å². The molecule has 3 aromatic rings. The number of sulfonamides is 1. The predicted octanol–water partition coefficient (Wildman–Crippen LogP) is 2.34. The van der Waals surface area contributed by atoms with Gasteiger partial charge in [-0.25, -0.2) is 8.42 Å². The largest absolute Gasteiger partial charge is 0.438 e. The number of rotatable bonds is 4. The summed E-state index contributed by atoms with van der Waals surface area (Å²) in [6.07, 6.45) is 0. The number of aromatic amines is 1. The molecule has 9 heteroatoms. The Labute approximate surface area is 156 Å². The third-order valence-corrected chi connectivity index (χ3v) is 6.27. The number of nitrogens with zero attached hydrogens (tertiary/aromatic N) is 1. The van der Waals surface area contributed by atoms with Crippen LogP contribution < -0.4 is 5.32 Å². The van der Waals surface area contributed by atoms with Crippen LogP contribution in [0.15, 0.2) is 45.9 Å². The lowest BCUT2D eigenvalue weighted by Crippen LogP contribution is -2.40. The number of amides is 1. The molecule has 142 valence electrons. The average molecular weight is 389 g/mol. The van der Waals surface area contributed by atoms with Gasteiger partial charge in [-0.3, -0.25) is 4.79 Å². The molecule has 0 aliphatic carbocycles. The van der Waals surface area contributed by atoms with Crippen molar-refractivity contribution in [1.29, 1.82) is 0 Å². The van der Waals surface area contributed by atoms with E-state index in [1.807, 2.05) is 31.2 Å². The summed E-state index contributed by atoms with van der Waals surface area (Å²) in [5, 5.41) is 3.43. The molecule has 1 amide bonds. The van der Waals surface area contributed by atoms with Gasteiger partial charge in [0, 0.05) is 29.7 Å². The third kappa shape index (κ3) is 3.25. The van der Waals surface area contributed by atoms with Gasteiger partial charge in [0.05, 0.1) is 18.9 Å². The zero-order valence-electron chi connectivity index (χ0n) is 14.7. The first kappa shape index (κ1) is 17.8. The van der Waals surface area contributed by atoms with Crippen LogP contribution in [0.1, 0.15) is 16.2 Å². The van der Waals surface area contributed by atoms with Gasteiger partial charge in [0.25, 0.3) is 15.9 Å². The highest BCUT2D eigenvalue weighted by Crippen LogP contribution is 2.28. The first-order valence-electron chi connectivity index (χ1n) is 8.53. The predicted molar refractivity (Wildman–Crippen MR) is 99.3 cm³/mol. The Balaban J connectivity index is 1.57. The second-order valence-corrected chi connectivity index (χ2v) is 8.13. The fourth-order valence-corrected chi connectivity index (χ4v) is 4.43. The number of nitrogens with one attached hydrogen (secondary N) is 2. The highest BCUT2D eigenvalue weighted by molar-refractivity contribution is 7.89. The van der Waals surface area contributed by atoms with Gasteiger partial charge in [-0.1, -0.05) is 18.2 Å². The lowest BCUT2D eigenvalue weighted by molar-refractivity contribution is 0.0723. The number of hydrogen-bond acceptors (Lipinski definition) is 5. The van der Waals surface area contributed by atoms with Crippen molar-refractivity contribution in [2.75, 3.05) is 31.6 Å². The molecule has 1 aromatic carbocycles. The maximum atomic E-state index is 12.6. The molecule has 0 radical (unpaired) electrons. The maximum Gasteiger partial charge on any atom is 0.291 e. The van der Waals surface area contributed by atoms with Crippen molar-refractivity contribution in [2.24, 2.45) is 0 Å². The Morgan fingerprint density at radius 1 is 1.15 bits per heavy atom. The Morgan fingerprint density at radius 2 is 1.89 bits per heavy atom. The molecule has 27 heavy (non-hydrogen) atoms. The topological polar surface area (TPSA) is 105 Å². The SMILES string of the molecule is Cc1[nH]c2ccccc2c1NC(=O)c1ccc(S(=O)(=O)N2CCOCC2)o1. The van der Waals surface area contributed by atoms with Crippen molar-refractivity contribution in [3.63, 3.8) is 0 Å². The monoisotopic (exact) mass is 389 g/mol. The van der Waals surface area contributed by atoms with Gasteiger partial charge in [-0.05, 0) is 25.1 Å². The van der Waals surface area contributed by atoms with E-state index in [9.17, 15) is 13.2 Å². The van der Waals surface area contributed by atoms with Crippen LogP contribution in [0.25, 0.3) is 10.9 Å². The number of H-pyrrole nitrogens is 1. The highest BCUT2D eigenvalue weighted by Gasteiger charge is 2.30. The van der Waals surface area contributed by atoms with Crippen molar-refractivity contribution < 1.29 is 22.4 Å². The molecule has 8 nitrogen and oxygen atoms in total. The molecule has 1 fully saturated rings. The van der Waals surface area contributed by atoms with E-state index in [1.54, 1.807) is 0 Å². The number of aryl methyl sites for hydroxylation is 1. The number of hydrogen-bond donors (Lipinski definition) is 2. The number of aromatic nitrogens is 1. The normalized spacial score (nSPS) is 15.9. The number of carbonyl (C=O) groups is 1. The summed E-state index contributed by atoms with van der Waals surface area (Å²) >= 11 is 0. The van der Waals surface area contributed by atoms with Crippen molar-refractivity contribution in [2.45, 2.75) is 12.0 Å². The minimum Gasteiger partial charge on any atom is -0.438 e. The van der Waals surface area contributed by atoms with Crippen LogP contribution in [0.5, 0.6) is 0 Å². The Bertz CT molecular complexity index is 1090. The van der Waals surface area contributed by atoms with Gasteiger partial charge in [0.2, 0.25) is 5.09 Å². The molecule has 0 spiro atoms. The molecule has 2 aromatic heterocycles. The van der Waals surface area contributed by atoms with E-state index in [2.05, 4.69) is 10.3 Å². The summed E-state index contributed by atoms with van der Waals surface area (Å²) in [7, 11) is -3.78. The van der Waals surface area contributed by atoms with Crippen LogP contribution in [-0.2, 0) is 14.8 Å². The number of para-hydroxylation sites is 1. The Morgan fingerprint density at radius 3 is 2.67 bits per heavy atom. The van der Waals surface area contributed by atoms with Gasteiger partial charge in [0.1, 0.15) is 0 Å². The molecule has 1 saturated heterocycles. The number of morpholine rings is 1. The first-order chi connectivity index (χ1) is 13.0. The third-order valence-electron chi connectivity index (χ3n) is 4.50. The molecule has 1 aliphatic heterocycles. The summed E-state index contributed by atoms with van der Waals surface area (Å²) in [5.41, 5.74) is 2.35. The van der Waals surface area contributed by atoms with Crippen LogP contribution in [0.4, 0.5) is 5.69 Å². The van der Waals surface area contributed by atoms with Gasteiger partial charge in [-0.2, -0.15) is 4.31 Å². The summed E-state index contributed by atoms with van der Waals surface area (Å²) in [4.78, 5) is 15.8. The molecule has 0 atom stereocenters. The number of fused-ring (bicyclic) bond motifs is 1. The van der Waals surface area contributed by atoms with Crippen LogP contribution in [-0.4, -0.2) is 49.9 Å². The molecule has 1 aliphatic rings. The summed E-state index contributed by atoms with van der Waals surface area (Å²) < 4.78 is 37.1. The maximum absolute atomic E-state index is 12.6. The van der Waals surface area contributed by atoms with Crippen LogP contribution in [0, 0.1) is 6.92 Å². The van der Waals surface area contributed by atoms with Crippen molar-refractivity contribution in [1.82, 2.24) is 9.29 Å². The lowest BCUT2D eigenvalue weighted by Gasteiger charge is -2.24. The highest BCUT2D eigenvalue weighted by atomic mass is 32.2. The molecule has 0 unspecified atom stereocenters. The molecule has 0 bridgehead atoms. The van der Waals surface area contributed by atoms with E-state index in [4.69, 9.17) is 9.15 Å². The second kappa shape index (κ2) is 6.84. The van der Waals surface area contributed by atoms with E-state index in [0.29, 0.717) is 18.9 Å². The minimum absolute atomic E-state index is 0.0634. The van der Waals surface area contributed by atoms with Crippen molar-refractivity contribution >= 4 is 32.5 Å². The Hall–Kier alpha value is -2.62. The van der Waals surface area contributed by atoms with Crippen LogP contribution >= 0.6 is 0 Å². The Kier molecular flexibility index (Phi) is 4.50. The fourth-order valence-electron chi connectivity index (χ4n) is 3.11. The average Bonchev–Trinajstić information content (AvgIpc) is 3.29.